The molecular formula is C16H17F2NS. The maximum Gasteiger partial charge on any atom is 0.124 e. The van der Waals surface area contributed by atoms with Crippen LogP contribution in [0.4, 0.5) is 8.78 Å². The number of nitrogens with one attached hydrogen (secondary N) is 1. The van der Waals surface area contributed by atoms with Crippen LogP contribution in [0, 0.1) is 11.6 Å². The van der Waals surface area contributed by atoms with E-state index in [1.54, 1.807) is 30.0 Å². The second kappa shape index (κ2) is 7.41. The van der Waals surface area contributed by atoms with Gasteiger partial charge in [-0.3, -0.25) is 0 Å². The van der Waals surface area contributed by atoms with E-state index in [0.717, 1.165) is 22.6 Å². The minimum atomic E-state index is -0.219. The maximum atomic E-state index is 13.1. The summed E-state index contributed by atoms with van der Waals surface area (Å²) in [6, 6.07) is 13.4. The zero-order valence-corrected chi connectivity index (χ0v) is 12.1. The fourth-order valence-electron chi connectivity index (χ4n) is 1.90. The summed E-state index contributed by atoms with van der Waals surface area (Å²) in [5, 5.41) is 3.24. The third-order valence-corrected chi connectivity index (χ3v) is 4.21. The van der Waals surface area contributed by atoms with Gasteiger partial charge in [0, 0.05) is 16.7 Å². The predicted molar refractivity (Wildman–Crippen MR) is 80.1 cm³/mol. The topological polar surface area (TPSA) is 12.0 Å². The highest BCUT2D eigenvalue weighted by atomic mass is 32.2. The fraction of sp³-hybridized carbons (Fsp3) is 0.250. The first-order valence-electron chi connectivity index (χ1n) is 6.47. The maximum absolute atomic E-state index is 13.1. The van der Waals surface area contributed by atoms with Gasteiger partial charge in [-0.05, 0) is 49.4 Å². The van der Waals surface area contributed by atoms with Gasteiger partial charge in [0.15, 0.2) is 0 Å². The average Bonchev–Trinajstić information content (AvgIpc) is 2.45. The molecule has 0 saturated carbocycles. The quantitative estimate of drug-likeness (QED) is 0.811. The Bertz CT molecular complexity index is 542. The monoisotopic (exact) mass is 293 g/mol. The Balaban J connectivity index is 1.90. The van der Waals surface area contributed by atoms with Crippen molar-refractivity contribution in [1.82, 2.24) is 5.32 Å². The van der Waals surface area contributed by atoms with E-state index in [0.29, 0.717) is 0 Å². The Morgan fingerprint density at radius 2 is 1.80 bits per heavy atom. The molecule has 0 aliphatic carbocycles. The summed E-state index contributed by atoms with van der Waals surface area (Å²) in [6.45, 7) is 0. The molecule has 0 saturated heterocycles. The SMILES string of the molecule is CNC(CSc1cccc(F)c1)Cc1ccc(F)cc1. The lowest BCUT2D eigenvalue weighted by Gasteiger charge is -2.16. The number of hydrogen-bond donors (Lipinski definition) is 1. The van der Waals surface area contributed by atoms with E-state index in [1.165, 1.54) is 24.3 Å². The highest BCUT2D eigenvalue weighted by Crippen LogP contribution is 2.20. The zero-order valence-electron chi connectivity index (χ0n) is 11.3. The van der Waals surface area contributed by atoms with Gasteiger partial charge >= 0.3 is 0 Å². The molecule has 20 heavy (non-hydrogen) atoms. The lowest BCUT2D eigenvalue weighted by Crippen LogP contribution is -2.30. The van der Waals surface area contributed by atoms with E-state index >= 15 is 0 Å². The zero-order chi connectivity index (χ0) is 14.4. The number of likely N-dealkylation sites (N-methyl/N-ethyl adjacent to an activating group) is 1. The van der Waals surface area contributed by atoms with Crippen LogP contribution in [0.5, 0.6) is 0 Å². The fourth-order valence-corrected chi connectivity index (χ4v) is 2.95. The number of rotatable bonds is 6. The van der Waals surface area contributed by atoms with Crippen molar-refractivity contribution in [1.29, 1.82) is 0 Å². The van der Waals surface area contributed by atoms with Crippen molar-refractivity contribution in [2.75, 3.05) is 12.8 Å². The molecule has 2 rings (SSSR count). The van der Waals surface area contributed by atoms with Gasteiger partial charge < -0.3 is 5.32 Å². The van der Waals surface area contributed by atoms with Crippen LogP contribution in [0.25, 0.3) is 0 Å². The van der Waals surface area contributed by atoms with Gasteiger partial charge in [0.05, 0.1) is 0 Å². The van der Waals surface area contributed by atoms with Crippen molar-refractivity contribution in [3.05, 3.63) is 65.7 Å². The summed E-state index contributed by atoms with van der Waals surface area (Å²) in [5.74, 6) is 0.399. The molecule has 0 aliphatic heterocycles. The standard InChI is InChI=1S/C16H17F2NS/c1-19-15(9-12-5-7-13(17)8-6-12)11-20-16-4-2-3-14(18)10-16/h2-8,10,15,19H,9,11H2,1H3. The molecule has 1 atom stereocenters. The molecule has 1 N–H and O–H groups in total. The molecule has 0 aromatic heterocycles. The molecule has 0 aliphatic rings. The summed E-state index contributed by atoms with van der Waals surface area (Å²) in [5.41, 5.74) is 1.09. The normalized spacial score (nSPS) is 12.3. The molecule has 0 spiro atoms. The van der Waals surface area contributed by atoms with Crippen LogP contribution in [-0.2, 0) is 6.42 Å². The Kier molecular flexibility index (Phi) is 5.56. The Labute approximate surface area is 122 Å². The predicted octanol–water partition coefficient (Wildman–Crippen LogP) is 3.89. The van der Waals surface area contributed by atoms with Crippen molar-refractivity contribution in [2.45, 2.75) is 17.4 Å². The smallest absolute Gasteiger partial charge is 0.124 e. The second-order valence-corrected chi connectivity index (χ2v) is 5.68. The van der Waals surface area contributed by atoms with E-state index in [-0.39, 0.29) is 17.7 Å². The van der Waals surface area contributed by atoms with E-state index in [2.05, 4.69) is 5.32 Å². The minimum absolute atomic E-state index is 0.213. The number of halogens is 2. The van der Waals surface area contributed by atoms with Crippen LogP contribution in [0.1, 0.15) is 5.56 Å². The molecular weight excluding hydrogens is 276 g/mol. The van der Waals surface area contributed by atoms with Crippen molar-refractivity contribution in [2.24, 2.45) is 0 Å². The Morgan fingerprint density at radius 3 is 2.45 bits per heavy atom. The highest BCUT2D eigenvalue weighted by molar-refractivity contribution is 7.99. The van der Waals surface area contributed by atoms with Crippen molar-refractivity contribution >= 4 is 11.8 Å². The van der Waals surface area contributed by atoms with Gasteiger partial charge in [-0.2, -0.15) is 0 Å². The van der Waals surface area contributed by atoms with Crippen LogP contribution in [0.15, 0.2) is 53.4 Å². The van der Waals surface area contributed by atoms with Gasteiger partial charge in [0.2, 0.25) is 0 Å². The molecule has 0 radical (unpaired) electrons. The van der Waals surface area contributed by atoms with Crippen LogP contribution in [0.3, 0.4) is 0 Å². The first-order valence-corrected chi connectivity index (χ1v) is 7.46. The second-order valence-electron chi connectivity index (χ2n) is 4.58. The average molecular weight is 293 g/mol. The molecule has 0 heterocycles. The van der Waals surface area contributed by atoms with Crippen LogP contribution in [-0.4, -0.2) is 18.8 Å². The number of hydrogen-bond acceptors (Lipinski definition) is 2. The van der Waals surface area contributed by atoms with Crippen molar-refractivity contribution in [3.63, 3.8) is 0 Å². The van der Waals surface area contributed by atoms with Crippen LogP contribution < -0.4 is 5.32 Å². The number of benzene rings is 2. The van der Waals surface area contributed by atoms with Crippen molar-refractivity contribution in [3.8, 4) is 0 Å². The van der Waals surface area contributed by atoms with Gasteiger partial charge in [-0.1, -0.05) is 18.2 Å². The van der Waals surface area contributed by atoms with E-state index in [4.69, 9.17) is 0 Å². The van der Waals surface area contributed by atoms with E-state index in [1.807, 2.05) is 13.1 Å². The lowest BCUT2D eigenvalue weighted by atomic mass is 10.1. The molecule has 0 bridgehead atoms. The number of thioether (sulfide) groups is 1. The first-order chi connectivity index (χ1) is 9.67. The molecule has 2 aromatic carbocycles. The van der Waals surface area contributed by atoms with Gasteiger partial charge in [-0.25, -0.2) is 8.78 Å². The van der Waals surface area contributed by atoms with Crippen LogP contribution in [0.2, 0.25) is 0 Å². The van der Waals surface area contributed by atoms with E-state index < -0.39 is 0 Å². The van der Waals surface area contributed by atoms with E-state index in [9.17, 15) is 8.78 Å². The summed E-state index contributed by atoms with van der Waals surface area (Å²) in [4.78, 5) is 0.921. The third kappa shape index (κ3) is 4.62. The van der Waals surface area contributed by atoms with Crippen molar-refractivity contribution < 1.29 is 8.78 Å². The molecule has 4 heteroatoms. The Hall–Kier alpha value is -1.39. The molecule has 1 unspecified atom stereocenters. The highest BCUT2D eigenvalue weighted by Gasteiger charge is 2.08. The summed E-state index contributed by atoms with van der Waals surface area (Å²) < 4.78 is 26.0. The van der Waals surface area contributed by atoms with Gasteiger partial charge in [-0.15, -0.1) is 11.8 Å². The molecule has 1 nitrogen and oxygen atoms in total. The van der Waals surface area contributed by atoms with Gasteiger partial charge in [0.1, 0.15) is 11.6 Å². The minimum Gasteiger partial charge on any atom is -0.316 e. The first kappa shape index (κ1) is 15.0. The summed E-state index contributed by atoms with van der Waals surface area (Å²) >= 11 is 1.61. The summed E-state index contributed by atoms with van der Waals surface area (Å²) in [6.07, 6.45) is 0.819. The third-order valence-electron chi connectivity index (χ3n) is 3.05. The van der Waals surface area contributed by atoms with Crippen LogP contribution >= 0.6 is 11.8 Å². The molecule has 2 aromatic rings. The lowest BCUT2D eigenvalue weighted by molar-refractivity contribution is 0.609. The van der Waals surface area contributed by atoms with Gasteiger partial charge in [0.25, 0.3) is 0 Å². The molecule has 106 valence electrons. The molecule has 0 fully saturated rings. The Morgan fingerprint density at radius 1 is 1.05 bits per heavy atom. The largest absolute Gasteiger partial charge is 0.316 e. The summed E-state index contributed by atoms with van der Waals surface area (Å²) in [7, 11) is 1.90. The molecule has 0 amide bonds.